The van der Waals surface area contributed by atoms with Crippen LogP contribution in [0.5, 0.6) is 0 Å². The maximum Gasteiger partial charge on any atom is 0.255 e. The lowest BCUT2D eigenvalue weighted by Gasteiger charge is -2.08. The maximum atomic E-state index is 12.5. The van der Waals surface area contributed by atoms with Crippen molar-refractivity contribution in [3.63, 3.8) is 0 Å². The van der Waals surface area contributed by atoms with E-state index in [2.05, 4.69) is 5.32 Å². The summed E-state index contributed by atoms with van der Waals surface area (Å²) in [6.45, 7) is 3.87. The van der Waals surface area contributed by atoms with Crippen LogP contribution in [0.15, 0.2) is 75.9 Å². The average Bonchev–Trinajstić information content (AvgIpc) is 2.69. The minimum atomic E-state index is -0.245. The molecule has 0 fully saturated rings. The van der Waals surface area contributed by atoms with E-state index in [1.807, 2.05) is 26.0 Å². The average molecular weight is 404 g/mol. The number of aryl methyl sites for hydroxylation is 2. The summed E-state index contributed by atoms with van der Waals surface area (Å²) in [4.78, 5) is 25.0. The van der Waals surface area contributed by atoms with Gasteiger partial charge in [0.1, 0.15) is 11.3 Å². The fraction of sp³-hybridized carbons (Fsp3) is 0.0833. The summed E-state index contributed by atoms with van der Waals surface area (Å²) in [5.41, 5.74) is 4.27. The van der Waals surface area contributed by atoms with Gasteiger partial charge in [0.05, 0.1) is 5.39 Å². The van der Waals surface area contributed by atoms with Gasteiger partial charge in [-0.15, -0.1) is 0 Å². The Hall–Kier alpha value is -3.37. The van der Waals surface area contributed by atoms with Crippen molar-refractivity contribution < 1.29 is 9.21 Å². The van der Waals surface area contributed by atoms with Gasteiger partial charge < -0.3 is 9.73 Å². The van der Waals surface area contributed by atoms with Crippen molar-refractivity contribution in [2.24, 2.45) is 0 Å². The second-order valence-electron chi connectivity index (χ2n) is 6.98. The highest BCUT2D eigenvalue weighted by Crippen LogP contribution is 2.25. The highest BCUT2D eigenvalue weighted by atomic mass is 35.5. The Balaban J connectivity index is 1.64. The van der Waals surface area contributed by atoms with E-state index in [1.165, 1.54) is 6.07 Å². The van der Waals surface area contributed by atoms with Crippen LogP contribution in [-0.4, -0.2) is 5.91 Å². The number of fused-ring (bicyclic) bond motifs is 1. The zero-order valence-corrected chi connectivity index (χ0v) is 16.7. The summed E-state index contributed by atoms with van der Waals surface area (Å²) in [5, 5.41) is 3.93. The van der Waals surface area contributed by atoms with Gasteiger partial charge in [0.25, 0.3) is 5.91 Å². The first kappa shape index (κ1) is 19.0. The molecular weight excluding hydrogens is 386 g/mol. The normalized spacial score (nSPS) is 10.9. The van der Waals surface area contributed by atoms with E-state index in [1.54, 1.807) is 48.5 Å². The van der Waals surface area contributed by atoms with Crippen LogP contribution in [0, 0.1) is 13.8 Å². The molecule has 5 heteroatoms. The molecule has 0 atom stereocenters. The number of rotatable bonds is 3. The fourth-order valence-electron chi connectivity index (χ4n) is 3.31. The highest BCUT2D eigenvalue weighted by molar-refractivity contribution is 6.31. The van der Waals surface area contributed by atoms with E-state index in [4.69, 9.17) is 16.0 Å². The molecule has 0 spiro atoms. The minimum Gasteiger partial charge on any atom is -0.456 e. The lowest BCUT2D eigenvalue weighted by Crippen LogP contribution is -2.11. The van der Waals surface area contributed by atoms with Crippen molar-refractivity contribution in [3.8, 4) is 11.3 Å². The summed E-state index contributed by atoms with van der Waals surface area (Å²) >= 11 is 5.95. The highest BCUT2D eigenvalue weighted by Gasteiger charge is 2.11. The van der Waals surface area contributed by atoms with Crippen molar-refractivity contribution in [1.82, 2.24) is 0 Å². The summed E-state index contributed by atoms with van der Waals surface area (Å²) in [6.07, 6.45) is 0. The monoisotopic (exact) mass is 403 g/mol. The first-order chi connectivity index (χ1) is 13.9. The molecule has 1 aromatic heterocycles. The quantitative estimate of drug-likeness (QED) is 0.457. The van der Waals surface area contributed by atoms with Crippen LogP contribution in [-0.2, 0) is 0 Å². The number of anilines is 1. The number of benzene rings is 3. The third-order valence-electron chi connectivity index (χ3n) is 4.67. The summed E-state index contributed by atoms with van der Waals surface area (Å²) < 4.78 is 6.01. The van der Waals surface area contributed by atoms with Crippen molar-refractivity contribution in [3.05, 3.63) is 98.7 Å². The standard InChI is InChI=1S/C24H18ClNO3/c1-14-10-15(2)23-20(11-14)21(27)13-22(29-23)16-6-8-17(9-7-16)24(28)26-19-5-3-4-18(25)12-19/h3-13H,1-2H3,(H,26,28). The van der Waals surface area contributed by atoms with Gasteiger partial charge in [-0.1, -0.05) is 35.9 Å². The van der Waals surface area contributed by atoms with Gasteiger partial charge in [0, 0.05) is 27.9 Å². The zero-order chi connectivity index (χ0) is 20.5. The molecule has 29 heavy (non-hydrogen) atoms. The van der Waals surface area contributed by atoms with Gasteiger partial charge in [-0.2, -0.15) is 0 Å². The first-order valence-corrected chi connectivity index (χ1v) is 9.51. The molecule has 1 amide bonds. The third kappa shape index (κ3) is 3.93. The smallest absolute Gasteiger partial charge is 0.255 e. The molecule has 0 radical (unpaired) electrons. The predicted molar refractivity (Wildman–Crippen MR) is 117 cm³/mol. The molecule has 1 heterocycles. The van der Waals surface area contributed by atoms with Crippen LogP contribution < -0.4 is 10.7 Å². The molecule has 1 N–H and O–H groups in total. The van der Waals surface area contributed by atoms with E-state index in [0.717, 1.165) is 16.7 Å². The molecule has 4 aromatic rings. The molecule has 3 aromatic carbocycles. The molecule has 4 rings (SSSR count). The van der Waals surface area contributed by atoms with Gasteiger partial charge in [0.15, 0.2) is 5.43 Å². The first-order valence-electron chi connectivity index (χ1n) is 9.13. The van der Waals surface area contributed by atoms with Crippen LogP contribution in [0.25, 0.3) is 22.3 Å². The van der Waals surface area contributed by atoms with Crippen molar-refractivity contribution in [1.29, 1.82) is 0 Å². The Bertz CT molecular complexity index is 1290. The number of amides is 1. The van der Waals surface area contributed by atoms with Crippen molar-refractivity contribution >= 4 is 34.2 Å². The minimum absolute atomic E-state index is 0.0872. The Morgan fingerprint density at radius 2 is 1.72 bits per heavy atom. The number of hydrogen-bond donors (Lipinski definition) is 1. The molecule has 0 aliphatic rings. The van der Waals surface area contributed by atoms with E-state index >= 15 is 0 Å². The number of hydrogen-bond acceptors (Lipinski definition) is 3. The molecule has 144 valence electrons. The van der Waals surface area contributed by atoms with Crippen molar-refractivity contribution in [2.75, 3.05) is 5.32 Å². The van der Waals surface area contributed by atoms with E-state index in [0.29, 0.717) is 33.0 Å². The molecule has 0 aliphatic heterocycles. The number of halogens is 1. The Labute approximate surface area is 172 Å². The van der Waals surface area contributed by atoms with Crippen LogP contribution in [0.4, 0.5) is 5.69 Å². The van der Waals surface area contributed by atoms with Crippen LogP contribution in [0.2, 0.25) is 5.02 Å². The Kier molecular flexibility index (Phi) is 4.95. The number of carbonyl (C=O) groups excluding carboxylic acids is 1. The summed E-state index contributed by atoms with van der Waals surface area (Å²) in [6, 6.07) is 19.2. The van der Waals surface area contributed by atoms with E-state index < -0.39 is 0 Å². The molecular formula is C24H18ClNO3. The van der Waals surface area contributed by atoms with Gasteiger partial charge >= 0.3 is 0 Å². The zero-order valence-electron chi connectivity index (χ0n) is 16.0. The molecule has 0 bridgehead atoms. The fourth-order valence-corrected chi connectivity index (χ4v) is 3.50. The molecule has 0 saturated heterocycles. The number of nitrogens with one attached hydrogen (secondary N) is 1. The summed E-state index contributed by atoms with van der Waals surface area (Å²) in [7, 11) is 0. The van der Waals surface area contributed by atoms with Crippen molar-refractivity contribution in [2.45, 2.75) is 13.8 Å². The SMILES string of the molecule is Cc1cc(C)c2oc(-c3ccc(C(=O)Nc4cccc(Cl)c4)cc3)cc(=O)c2c1. The molecule has 0 aliphatic carbocycles. The van der Waals surface area contributed by atoms with E-state index in [-0.39, 0.29) is 11.3 Å². The van der Waals surface area contributed by atoms with Crippen LogP contribution in [0.3, 0.4) is 0 Å². The number of carbonyl (C=O) groups is 1. The van der Waals surface area contributed by atoms with Crippen LogP contribution in [0.1, 0.15) is 21.5 Å². The Morgan fingerprint density at radius 1 is 0.966 bits per heavy atom. The maximum absolute atomic E-state index is 12.5. The third-order valence-corrected chi connectivity index (χ3v) is 4.91. The molecule has 0 unspecified atom stereocenters. The van der Waals surface area contributed by atoms with Crippen LogP contribution >= 0.6 is 11.6 Å². The van der Waals surface area contributed by atoms with Gasteiger partial charge in [-0.05, 0) is 61.4 Å². The second-order valence-corrected chi connectivity index (χ2v) is 7.41. The lowest BCUT2D eigenvalue weighted by atomic mass is 10.1. The van der Waals surface area contributed by atoms with Gasteiger partial charge in [0.2, 0.25) is 0 Å². The molecule has 0 saturated carbocycles. The van der Waals surface area contributed by atoms with Gasteiger partial charge in [-0.3, -0.25) is 9.59 Å². The molecule has 4 nitrogen and oxygen atoms in total. The predicted octanol–water partition coefficient (Wildman–Crippen LogP) is 5.98. The van der Waals surface area contributed by atoms with Gasteiger partial charge in [-0.25, -0.2) is 0 Å². The summed E-state index contributed by atoms with van der Waals surface area (Å²) in [5.74, 6) is 0.223. The van der Waals surface area contributed by atoms with E-state index in [9.17, 15) is 9.59 Å². The topological polar surface area (TPSA) is 59.3 Å². The lowest BCUT2D eigenvalue weighted by molar-refractivity contribution is 0.102. The largest absolute Gasteiger partial charge is 0.456 e. The Morgan fingerprint density at radius 3 is 2.45 bits per heavy atom. The second kappa shape index (κ2) is 7.57.